The minimum absolute atomic E-state index is 1.29. The van der Waals surface area contributed by atoms with E-state index < -0.39 is 0 Å². The first-order chi connectivity index (χ1) is 8.22. The molecule has 0 spiro atoms. The summed E-state index contributed by atoms with van der Waals surface area (Å²) in [6.45, 7) is 2.15. The Balaban J connectivity index is 2.18. The molecule has 2 aromatic carbocycles. The molecule has 1 aromatic heterocycles. The lowest BCUT2D eigenvalue weighted by Crippen LogP contribution is -1.77. The van der Waals surface area contributed by atoms with Crippen LogP contribution in [0.3, 0.4) is 0 Å². The van der Waals surface area contributed by atoms with Gasteiger partial charge in [0.05, 0.1) is 0 Å². The van der Waals surface area contributed by atoms with Gasteiger partial charge in [-0.3, -0.25) is 0 Å². The van der Waals surface area contributed by atoms with Gasteiger partial charge in [-0.1, -0.05) is 18.2 Å². The molecule has 84 valence electrons. The maximum atomic E-state index is 2.36. The van der Waals surface area contributed by atoms with Crippen molar-refractivity contribution in [2.45, 2.75) is 6.92 Å². The quantitative estimate of drug-likeness (QED) is 0.510. The number of benzene rings is 2. The predicted molar refractivity (Wildman–Crippen MR) is 84.7 cm³/mol. The zero-order valence-electron chi connectivity index (χ0n) is 9.41. The molecule has 0 atom stereocenters. The van der Waals surface area contributed by atoms with E-state index in [2.05, 4.69) is 78.0 Å². The lowest BCUT2D eigenvalue weighted by molar-refractivity contribution is 1.64. The Labute approximate surface area is 118 Å². The Kier molecular flexibility index (Phi) is 2.92. The van der Waals surface area contributed by atoms with Crippen LogP contribution in [0, 0.1) is 10.5 Å². The average Bonchev–Trinajstić information content (AvgIpc) is 2.75. The van der Waals surface area contributed by atoms with Crippen molar-refractivity contribution in [1.29, 1.82) is 0 Å². The fourth-order valence-corrected chi connectivity index (χ4v) is 3.34. The topological polar surface area (TPSA) is 0 Å². The normalized spacial score (nSPS) is 10.9. The minimum atomic E-state index is 1.29. The summed E-state index contributed by atoms with van der Waals surface area (Å²) in [4.78, 5) is 2.71. The molecule has 0 radical (unpaired) electrons. The van der Waals surface area contributed by atoms with E-state index in [1.54, 1.807) is 0 Å². The maximum Gasteiger partial charge on any atom is 0.0345 e. The fraction of sp³-hybridized carbons (Fsp3) is 0.0667. The molecule has 0 aliphatic rings. The second kappa shape index (κ2) is 4.42. The van der Waals surface area contributed by atoms with Crippen LogP contribution in [0.15, 0.2) is 48.5 Å². The van der Waals surface area contributed by atoms with Crippen LogP contribution in [0.1, 0.15) is 4.88 Å². The summed E-state index contributed by atoms with van der Waals surface area (Å²) in [7, 11) is 0. The van der Waals surface area contributed by atoms with E-state index in [9.17, 15) is 0 Å². The number of halogens is 1. The fourth-order valence-electron chi connectivity index (χ4n) is 1.96. The van der Waals surface area contributed by atoms with Gasteiger partial charge in [-0.25, -0.2) is 0 Å². The van der Waals surface area contributed by atoms with Crippen molar-refractivity contribution in [2.75, 3.05) is 0 Å². The highest BCUT2D eigenvalue weighted by atomic mass is 127. The van der Waals surface area contributed by atoms with Crippen molar-refractivity contribution in [1.82, 2.24) is 0 Å². The summed E-state index contributed by atoms with van der Waals surface area (Å²) in [6.07, 6.45) is 0. The van der Waals surface area contributed by atoms with E-state index in [0.717, 1.165) is 0 Å². The average molecular weight is 350 g/mol. The number of rotatable bonds is 1. The number of hydrogen-bond donors (Lipinski definition) is 0. The van der Waals surface area contributed by atoms with E-state index in [4.69, 9.17) is 0 Å². The van der Waals surface area contributed by atoms with Crippen LogP contribution in [-0.4, -0.2) is 0 Å². The van der Waals surface area contributed by atoms with Gasteiger partial charge in [-0.05, 0) is 76.2 Å². The van der Waals surface area contributed by atoms with E-state index >= 15 is 0 Å². The van der Waals surface area contributed by atoms with Gasteiger partial charge in [-0.2, -0.15) is 0 Å². The molecule has 0 fully saturated rings. The smallest absolute Gasteiger partial charge is 0.0345 e. The van der Waals surface area contributed by atoms with Gasteiger partial charge >= 0.3 is 0 Å². The lowest BCUT2D eigenvalue weighted by atomic mass is 10.1. The Hall–Kier alpha value is -0.870. The third-order valence-electron chi connectivity index (χ3n) is 2.83. The third kappa shape index (κ3) is 2.24. The third-order valence-corrected chi connectivity index (χ3v) is 4.55. The van der Waals surface area contributed by atoms with Crippen LogP contribution >= 0.6 is 33.9 Å². The largest absolute Gasteiger partial charge is 0.141 e. The SMILES string of the molecule is Cc1ccc(-c2ccc3ccc(I)cc3c2)s1. The molecule has 0 N–H and O–H groups in total. The summed E-state index contributed by atoms with van der Waals surface area (Å²) in [5.74, 6) is 0. The summed E-state index contributed by atoms with van der Waals surface area (Å²) < 4.78 is 1.29. The van der Waals surface area contributed by atoms with Gasteiger partial charge < -0.3 is 0 Å². The van der Waals surface area contributed by atoms with Crippen LogP contribution in [0.5, 0.6) is 0 Å². The molecule has 3 rings (SSSR count). The first-order valence-corrected chi connectivity index (χ1v) is 7.38. The van der Waals surface area contributed by atoms with Gasteiger partial charge in [-0.15, -0.1) is 11.3 Å². The number of fused-ring (bicyclic) bond motifs is 1. The summed E-state index contributed by atoms with van der Waals surface area (Å²) in [5, 5.41) is 2.63. The van der Waals surface area contributed by atoms with Gasteiger partial charge in [0.15, 0.2) is 0 Å². The second-order valence-corrected chi connectivity index (χ2v) is 6.65. The molecule has 1 heterocycles. The van der Waals surface area contributed by atoms with Crippen molar-refractivity contribution in [3.05, 3.63) is 57.0 Å². The Bertz CT molecular complexity index is 682. The molecule has 0 saturated carbocycles. The van der Waals surface area contributed by atoms with Crippen LogP contribution < -0.4 is 0 Å². The Morgan fingerprint density at radius 3 is 2.47 bits per heavy atom. The number of hydrogen-bond acceptors (Lipinski definition) is 1. The first-order valence-electron chi connectivity index (χ1n) is 5.48. The molecule has 0 nitrogen and oxygen atoms in total. The van der Waals surface area contributed by atoms with E-state index in [1.165, 1.54) is 29.7 Å². The predicted octanol–water partition coefficient (Wildman–Crippen LogP) is 5.48. The molecule has 0 aliphatic heterocycles. The van der Waals surface area contributed by atoms with Crippen molar-refractivity contribution in [3.8, 4) is 10.4 Å². The van der Waals surface area contributed by atoms with Crippen molar-refractivity contribution in [3.63, 3.8) is 0 Å². The molecule has 17 heavy (non-hydrogen) atoms. The molecule has 0 saturated heterocycles. The van der Waals surface area contributed by atoms with Gasteiger partial charge in [0.25, 0.3) is 0 Å². The number of thiophene rings is 1. The minimum Gasteiger partial charge on any atom is -0.141 e. The van der Waals surface area contributed by atoms with Gasteiger partial charge in [0, 0.05) is 13.3 Å². The first kappa shape index (κ1) is 11.2. The summed E-state index contributed by atoms with van der Waals surface area (Å²) >= 11 is 4.21. The molecule has 0 unspecified atom stereocenters. The van der Waals surface area contributed by atoms with Crippen LogP contribution in [-0.2, 0) is 0 Å². The Morgan fingerprint density at radius 1 is 0.882 bits per heavy atom. The highest BCUT2D eigenvalue weighted by Crippen LogP contribution is 2.30. The highest BCUT2D eigenvalue weighted by Gasteiger charge is 2.02. The summed E-state index contributed by atoms with van der Waals surface area (Å²) in [5.41, 5.74) is 1.32. The van der Waals surface area contributed by atoms with Crippen LogP contribution in [0.2, 0.25) is 0 Å². The second-order valence-electron chi connectivity index (χ2n) is 4.12. The van der Waals surface area contributed by atoms with E-state index in [1.807, 2.05) is 11.3 Å². The van der Waals surface area contributed by atoms with Gasteiger partial charge in [0.2, 0.25) is 0 Å². The standard InChI is InChI=1S/C15H11IS/c1-10-2-7-15(17-10)12-4-3-11-5-6-14(16)9-13(11)8-12/h2-9H,1H3. The number of aryl methyl sites for hydroxylation is 1. The van der Waals surface area contributed by atoms with E-state index in [0.29, 0.717) is 0 Å². The van der Waals surface area contributed by atoms with E-state index in [-0.39, 0.29) is 0 Å². The van der Waals surface area contributed by atoms with Gasteiger partial charge in [0.1, 0.15) is 0 Å². The molecule has 0 aliphatic carbocycles. The zero-order chi connectivity index (χ0) is 11.8. The molecular weight excluding hydrogens is 339 g/mol. The molecule has 2 heteroatoms. The molecular formula is C15H11IS. The van der Waals surface area contributed by atoms with Crippen molar-refractivity contribution in [2.24, 2.45) is 0 Å². The highest BCUT2D eigenvalue weighted by molar-refractivity contribution is 14.1. The van der Waals surface area contributed by atoms with Crippen LogP contribution in [0.4, 0.5) is 0 Å². The zero-order valence-corrected chi connectivity index (χ0v) is 12.4. The molecule has 0 amide bonds. The molecule has 0 bridgehead atoms. The lowest BCUT2D eigenvalue weighted by Gasteiger charge is -2.02. The van der Waals surface area contributed by atoms with Crippen molar-refractivity contribution < 1.29 is 0 Å². The van der Waals surface area contributed by atoms with Crippen molar-refractivity contribution >= 4 is 44.7 Å². The van der Waals surface area contributed by atoms with Crippen LogP contribution in [0.25, 0.3) is 21.2 Å². The monoisotopic (exact) mass is 350 g/mol. The summed E-state index contributed by atoms with van der Waals surface area (Å²) in [6, 6.07) is 17.6. The molecule has 3 aromatic rings. The Morgan fingerprint density at radius 2 is 1.71 bits per heavy atom. The maximum absolute atomic E-state index is 2.36.